The second-order valence-electron chi connectivity index (χ2n) is 5.11. The van der Waals surface area contributed by atoms with Gasteiger partial charge in [0.25, 0.3) is 0 Å². The van der Waals surface area contributed by atoms with Crippen molar-refractivity contribution >= 4 is 5.97 Å². The zero-order valence-electron chi connectivity index (χ0n) is 13.1. The number of benzene rings is 1. The molecule has 0 spiro atoms. The highest BCUT2D eigenvalue weighted by atomic mass is 16.5. The molecule has 0 aliphatic rings. The van der Waals surface area contributed by atoms with E-state index in [2.05, 4.69) is 11.1 Å². The molecule has 0 atom stereocenters. The SMILES string of the molecule is CCOC(=O)c1ccc(-n2cc(C#N)c(-c3cccnc3)c2)cc1. The van der Waals surface area contributed by atoms with Gasteiger partial charge in [-0.1, -0.05) is 6.07 Å². The Morgan fingerprint density at radius 1 is 1.25 bits per heavy atom. The summed E-state index contributed by atoms with van der Waals surface area (Å²) in [7, 11) is 0. The Balaban J connectivity index is 1.95. The molecular weight excluding hydrogens is 302 g/mol. The molecule has 0 aliphatic heterocycles. The summed E-state index contributed by atoms with van der Waals surface area (Å²) in [6.07, 6.45) is 7.07. The zero-order valence-corrected chi connectivity index (χ0v) is 13.1. The summed E-state index contributed by atoms with van der Waals surface area (Å²) >= 11 is 0. The third kappa shape index (κ3) is 3.03. The molecule has 24 heavy (non-hydrogen) atoms. The van der Waals surface area contributed by atoms with E-state index in [9.17, 15) is 10.1 Å². The van der Waals surface area contributed by atoms with E-state index in [0.717, 1.165) is 16.8 Å². The van der Waals surface area contributed by atoms with E-state index >= 15 is 0 Å². The first kappa shape index (κ1) is 15.5. The highest BCUT2D eigenvalue weighted by molar-refractivity contribution is 5.89. The van der Waals surface area contributed by atoms with Crippen LogP contribution in [0.3, 0.4) is 0 Å². The van der Waals surface area contributed by atoms with Gasteiger partial charge in [-0.3, -0.25) is 4.98 Å². The Morgan fingerprint density at radius 3 is 2.67 bits per heavy atom. The number of nitriles is 1. The second kappa shape index (κ2) is 6.80. The summed E-state index contributed by atoms with van der Waals surface area (Å²) in [4.78, 5) is 15.8. The molecule has 0 bridgehead atoms. The first-order valence-electron chi connectivity index (χ1n) is 7.53. The quantitative estimate of drug-likeness (QED) is 0.690. The Hall–Kier alpha value is -3.39. The average molecular weight is 317 g/mol. The lowest BCUT2D eigenvalue weighted by Gasteiger charge is -2.05. The van der Waals surface area contributed by atoms with Gasteiger partial charge in [0.15, 0.2) is 0 Å². The predicted octanol–water partition coefficient (Wildman–Crippen LogP) is 3.59. The van der Waals surface area contributed by atoms with Gasteiger partial charge >= 0.3 is 5.97 Å². The molecule has 0 saturated carbocycles. The monoisotopic (exact) mass is 317 g/mol. The number of carbonyl (C=O) groups is 1. The normalized spacial score (nSPS) is 10.2. The number of carbonyl (C=O) groups excluding carboxylic acids is 1. The van der Waals surface area contributed by atoms with Crippen LogP contribution in [0, 0.1) is 11.3 Å². The fraction of sp³-hybridized carbons (Fsp3) is 0.105. The molecule has 1 aromatic carbocycles. The summed E-state index contributed by atoms with van der Waals surface area (Å²) in [5.74, 6) is -0.342. The highest BCUT2D eigenvalue weighted by Gasteiger charge is 2.11. The molecule has 5 heteroatoms. The molecule has 0 amide bonds. The molecule has 3 aromatic rings. The number of pyridine rings is 1. The zero-order chi connectivity index (χ0) is 16.9. The maximum absolute atomic E-state index is 11.7. The number of esters is 1. The van der Waals surface area contributed by atoms with Crippen LogP contribution in [-0.2, 0) is 4.74 Å². The van der Waals surface area contributed by atoms with Gasteiger partial charge in [-0.2, -0.15) is 5.26 Å². The van der Waals surface area contributed by atoms with Gasteiger partial charge in [0.05, 0.1) is 17.7 Å². The molecule has 0 fully saturated rings. The molecule has 0 radical (unpaired) electrons. The van der Waals surface area contributed by atoms with Gasteiger partial charge < -0.3 is 9.30 Å². The van der Waals surface area contributed by atoms with Gasteiger partial charge in [-0.05, 0) is 37.3 Å². The van der Waals surface area contributed by atoms with Crippen LogP contribution in [0.25, 0.3) is 16.8 Å². The number of nitrogens with zero attached hydrogens (tertiary/aromatic N) is 3. The van der Waals surface area contributed by atoms with Crippen molar-refractivity contribution in [2.24, 2.45) is 0 Å². The van der Waals surface area contributed by atoms with Crippen molar-refractivity contribution in [2.75, 3.05) is 6.61 Å². The van der Waals surface area contributed by atoms with Crippen LogP contribution in [0.4, 0.5) is 0 Å². The van der Waals surface area contributed by atoms with Gasteiger partial charge in [0.2, 0.25) is 0 Å². The van der Waals surface area contributed by atoms with Crippen LogP contribution in [0.15, 0.2) is 61.2 Å². The van der Waals surface area contributed by atoms with Crippen molar-refractivity contribution in [3.05, 3.63) is 72.3 Å². The van der Waals surface area contributed by atoms with Crippen LogP contribution in [0.2, 0.25) is 0 Å². The first-order valence-corrected chi connectivity index (χ1v) is 7.53. The van der Waals surface area contributed by atoms with E-state index in [1.54, 1.807) is 37.6 Å². The van der Waals surface area contributed by atoms with Crippen LogP contribution in [-0.4, -0.2) is 22.1 Å². The van der Waals surface area contributed by atoms with Gasteiger partial charge in [-0.15, -0.1) is 0 Å². The molecule has 118 valence electrons. The fourth-order valence-electron chi connectivity index (χ4n) is 2.43. The molecule has 0 unspecified atom stereocenters. The van der Waals surface area contributed by atoms with E-state index in [0.29, 0.717) is 17.7 Å². The minimum Gasteiger partial charge on any atom is -0.462 e. The molecule has 2 aromatic heterocycles. The van der Waals surface area contributed by atoms with E-state index < -0.39 is 0 Å². The van der Waals surface area contributed by atoms with Crippen LogP contribution < -0.4 is 0 Å². The lowest BCUT2D eigenvalue weighted by Crippen LogP contribution is -2.04. The summed E-state index contributed by atoms with van der Waals surface area (Å²) in [6, 6.07) is 13.0. The maximum Gasteiger partial charge on any atom is 0.338 e. The van der Waals surface area contributed by atoms with Crippen LogP contribution in [0.5, 0.6) is 0 Å². The van der Waals surface area contributed by atoms with Crippen molar-refractivity contribution in [3.63, 3.8) is 0 Å². The summed E-state index contributed by atoms with van der Waals surface area (Å²) < 4.78 is 6.83. The molecule has 5 nitrogen and oxygen atoms in total. The van der Waals surface area contributed by atoms with Crippen molar-refractivity contribution < 1.29 is 9.53 Å². The minimum absolute atomic E-state index is 0.342. The maximum atomic E-state index is 11.7. The Morgan fingerprint density at radius 2 is 2.04 bits per heavy atom. The first-order chi connectivity index (χ1) is 11.7. The smallest absolute Gasteiger partial charge is 0.338 e. The second-order valence-corrected chi connectivity index (χ2v) is 5.11. The molecular formula is C19H15N3O2. The summed E-state index contributed by atoms with van der Waals surface area (Å²) in [5.41, 5.74) is 3.63. The van der Waals surface area contributed by atoms with E-state index in [1.807, 2.05) is 35.0 Å². The lowest BCUT2D eigenvalue weighted by atomic mass is 10.1. The molecule has 0 N–H and O–H groups in total. The summed E-state index contributed by atoms with van der Waals surface area (Å²) in [5, 5.41) is 9.37. The van der Waals surface area contributed by atoms with Crippen molar-refractivity contribution in [2.45, 2.75) is 6.92 Å². The van der Waals surface area contributed by atoms with E-state index in [-0.39, 0.29) is 5.97 Å². The van der Waals surface area contributed by atoms with Crippen LogP contribution >= 0.6 is 0 Å². The predicted molar refractivity (Wildman–Crippen MR) is 89.7 cm³/mol. The standard InChI is InChI=1S/C19H15N3O2/c1-2-24-19(23)14-5-7-17(8-6-14)22-12-16(10-20)18(13-22)15-4-3-9-21-11-15/h3-9,11-13H,2H2,1H3. The Bertz CT molecular complexity index is 891. The molecule has 0 aliphatic carbocycles. The topological polar surface area (TPSA) is 67.9 Å². The fourth-order valence-corrected chi connectivity index (χ4v) is 2.43. The van der Waals surface area contributed by atoms with Gasteiger partial charge in [-0.25, -0.2) is 4.79 Å². The van der Waals surface area contributed by atoms with E-state index in [1.165, 1.54) is 0 Å². The van der Waals surface area contributed by atoms with Crippen molar-refractivity contribution in [1.82, 2.24) is 9.55 Å². The average Bonchev–Trinajstić information content (AvgIpc) is 3.07. The van der Waals surface area contributed by atoms with Crippen LogP contribution in [0.1, 0.15) is 22.8 Å². The minimum atomic E-state index is -0.342. The number of aromatic nitrogens is 2. The van der Waals surface area contributed by atoms with Crippen molar-refractivity contribution in [1.29, 1.82) is 5.26 Å². The number of hydrogen-bond acceptors (Lipinski definition) is 4. The Labute approximate surface area is 139 Å². The highest BCUT2D eigenvalue weighted by Crippen LogP contribution is 2.25. The number of hydrogen-bond donors (Lipinski definition) is 0. The molecule has 2 heterocycles. The third-order valence-electron chi connectivity index (χ3n) is 3.60. The third-order valence-corrected chi connectivity index (χ3v) is 3.60. The molecule has 3 rings (SSSR count). The summed E-state index contributed by atoms with van der Waals surface area (Å²) in [6.45, 7) is 2.12. The lowest BCUT2D eigenvalue weighted by molar-refractivity contribution is 0.0526. The molecule has 0 saturated heterocycles. The van der Waals surface area contributed by atoms with Gasteiger partial charge in [0.1, 0.15) is 6.07 Å². The number of ether oxygens (including phenoxy) is 1. The van der Waals surface area contributed by atoms with Gasteiger partial charge in [0, 0.05) is 41.6 Å². The van der Waals surface area contributed by atoms with E-state index in [4.69, 9.17) is 4.74 Å². The number of rotatable bonds is 4. The largest absolute Gasteiger partial charge is 0.462 e. The Kier molecular flexibility index (Phi) is 4.39. The van der Waals surface area contributed by atoms with Crippen molar-refractivity contribution in [3.8, 4) is 22.9 Å².